The van der Waals surface area contributed by atoms with Crippen LogP contribution in [0.3, 0.4) is 0 Å². The maximum atomic E-state index is 15.3. The average molecular weight is 558 g/mol. The topological polar surface area (TPSA) is 86.8 Å². The molecule has 0 bridgehead atoms. The number of rotatable bonds is 6. The number of benzene rings is 2. The van der Waals surface area contributed by atoms with Gasteiger partial charge in [-0.1, -0.05) is 44.2 Å². The first-order valence-corrected chi connectivity index (χ1v) is 14.9. The van der Waals surface area contributed by atoms with Gasteiger partial charge in [-0.05, 0) is 48.3 Å². The molecule has 7 nitrogen and oxygen atoms in total. The molecule has 10 heteroatoms. The van der Waals surface area contributed by atoms with E-state index in [1.165, 1.54) is 15.9 Å². The van der Waals surface area contributed by atoms with Gasteiger partial charge in [-0.3, -0.25) is 18.6 Å². The number of halogens is 2. The number of nitrogens with one attached hydrogen (secondary N) is 1. The highest BCUT2D eigenvalue weighted by atomic mass is 32.2. The van der Waals surface area contributed by atoms with Crippen LogP contribution in [0.4, 0.5) is 8.78 Å². The number of hydrogen-bond acceptors (Lipinski definition) is 4. The van der Waals surface area contributed by atoms with Gasteiger partial charge in [0.05, 0.1) is 0 Å². The van der Waals surface area contributed by atoms with E-state index in [9.17, 15) is 23.0 Å². The molecule has 3 amide bonds. The molecule has 3 atom stereocenters. The van der Waals surface area contributed by atoms with E-state index in [1.54, 1.807) is 0 Å². The number of nitrogens with zero attached hydrogens (tertiary/aromatic N) is 2. The summed E-state index contributed by atoms with van der Waals surface area (Å²) in [6.45, 7) is 4.19. The number of carbonyl (C=O) groups is 3. The summed E-state index contributed by atoms with van der Waals surface area (Å²) in [6.07, 6.45) is 1.46. The molecular weight excluding hydrogens is 524 g/mol. The van der Waals surface area contributed by atoms with Gasteiger partial charge >= 0.3 is 0 Å². The fourth-order valence-electron chi connectivity index (χ4n) is 6.03. The lowest BCUT2D eigenvalue weighted by Crippen LogP contribution is -2.67. The molecule has 0 spiro atoms. The van der Waals surface area contributed by atoms with E-state index in [-0.39, 0.29) is 54.3 Å². The van der Waals surface area contributed by atoms with Crippen molar-refractivity contribution in [1.82, 2.24) is 15.1 Å². The van der Waals surface area contributed by atoms with Crippen LogP contribution in [0.5, 0.6) is 0 Å². The van der Waals surface area contributed by atoms with Crippen LogP contribution in [0.25, 0.3) is 0 Å². The molecule has 0 saturated carbocycles. The summed E-state index contributed by atoms with van der Waals surface area (Å²) >= 11 is 0. The Morgan fingerprint density at radius 1 is 1.05 bits per heavy atom. The van der Waals surface area contributed by atoms with Crippen LogP contribution in [-0.4, -0.2) is 68.4 Å². The number of hydrogen-bond donors (Lipinski definition) is 1. The molecular formula is C29H33F2N3O4S. The summed E-state index contributed by atoms with van der Waals surface area (Å²) in [7, 11) is -1.06. The highest BCUT2D eigenvalue weighted by Gasteiger charge is 2.50. The van der Waals surface area contributed by atoms with Crippen LogP contribution in [0.1, 0.15) is 43.0 Å². The fraction of sp³-hybridized carbons (Fsp3) is 0.483. The Morgan fingerprint density at radius 2 is 1.69 bits per heavy atom. The number of piperazine rings is 1. The van der Waals surface area contributed by atoms with E-state index in [0.717, 1.165) is 17.2 Å². The van der Waals surface area contributed by atoms with Crippen molar-refractivity contribution >= 4 is 28.5 Å². The van der Waals surface area contributed by atoms with Gasteiger partial charge in [0.25, 0.3) is 0 Å². The Kier molecular flexibility index (Phi) is 7.84. The molecule has 2 aromatic rings. The van der Waals surface area contributed by atoms with E-state index >= 15 is 4.39 Å². The minimum Gasteiger partial charge on any atom is -0.342 e. The summed E-state index contributed by atoms with van der Waals surface area (Å²) in [6, 6.07) is 7.47. The van der Waals surface area contributed by atoms with Crippen molar-refractivity contribution in [2.75, 3.05) is 24.6 Å². The van der Waals surface area contributed by atoms with Gasteiger partial charge in [0.15, 0.2) is 0 Å². The van der Waals surface area contributed by atoms with Gasteiger partial charge in [-0.15, -0.1) is 0 Å². The Labute approximate surface area is 229 Å². The molecule has 2 aliphatic heterocycles. The second-order valence-electron chi connectivity index (χ2n) is 11.1. The molecule has 0 unspecified atom stereocenters. The van der Waals surface area contributed by atoms with Crippen molar-refractivity contribution in [3.8, 4) is 0 Å². The zero-order valence-electron chi connectivity index (χ0n) is 22.1. The summed E-state index contributed by atoms with van der Waals surface area (Å²) in [5, 5.41) is 2.93. The van der Waals surface area contributed by atoms with Gasteiger partial charge in [0.2, 0.25) is 17.7 Å². The monoisotopic (exact) mass is 557 g/mol. The molecule has 1 aliphatic carbocycles. The van der Waals surface area contributed by atoms with Crippen molar-refractivity contribution in [2.45, 2.75) is 51.2 Å². The van der Waals surface area contributed by atoms with Crippen LogP contribution < -0.4 is 5.32 Å². The Morgan fingerprint density at radius 3 is 2.28 bits per heavy atom. The van der Waals surface area contributed by atoms with Gasteiger partial charge in [-0.2, -0.15) is 0 Å². The molecule has 0 aromatic heterocycles. The molecule has 2 fully saturated rings. The van der Waals surface area contributed by atoms with Crippen molar-refractivity contribution in [2.24, 2.45) is 11.8 Å². The van der Waals surface area contributed by atoms with E-state index in [4.69, 9.17) is 0 Å². The maximum absolute atomic E-state index is 15.3. The molecule has 3 aliphatic rings. The lowest BCUT2D eigenvalue weighted by atomic mass is 9.87. The second-order valence-corrected chi connectivity index (χ2v) is 12.8. The molecule has 2 heterocycles. The Hall–Kier alpha value is -3.14. The number of carbonyl (C=O) groups excluding carboxylic acids is 3. The van der Waals surface area contributed by atoms with Crippen LogP contribution in [0.15, 0.2) is 42.5 Å². The van der Waals surface area contributed by atoms with E-state index in [2.05, 4.69) is 5.32 Å². The third kappa shape index (κ3) is 5.48. The van der Waals surface area contributed by atoms with Crippen molar-refractivity contribution in [1.29, 1.82) is 0 Å². The standard InChI is InChI=1S/C29H33F2N3O4S/c1-17(2)13-24-27(35)32-25(20-14-18-5-3-4-6-19(18)15-20)28(36)34(24)26(22-8-7-21(30)16-23(22)31)29(37)33-9-11-39(38)12-10-33/h3-8,16-17,20,24-26H,9-15H2,1-2H3,(H,32,35)/t24-,25-,26-/m1/s1. The zero-order valence-corrected chi connectivity index (χ0v) is 22.9. The third-order valence-corrected chi connectivity index (χ3v) is 9.24. The largest absolute Gasteiger partial charge is 0.342 e. The van der Waals surface area contributed by atoms with Crippen molar-refractivity contribution in [3.05, 3.63) is 70.8 Å². The van der Waals surface area contributed by atoms with Crippen LogP contribution in [-0.2, 0) is 38.0 Å². The van der Waals surface area contributed by atoms with Crippen LogP contribution in [0.2, 0.25) is 0 Å². The molecule has 208 valence electrons. The van der Waals surface area contributed by atoms with E-state index in [0.29, 0.717) is 18.9 Å². The molecule has 5 rings (SSSR count). The molecule has 39 heavy (non-hydrogen) atoms. The predicted octanol–water partition coefficient (Wildman–Crippen LogP) is 2.75. The Bertz CT molecular complexity index is 1280. The summed E-state index contributed by atoms with van der Waals surface area (Å²) < 4.78 is 41.2. The zero-order chi connectivity index (χ0) is 27.8. The third-order valence-electron chi connectivity index (χ3n) is 7.96. The van der Waals surface area contributed by atoms with E-state index < -0.39 is 52.4 Å². The van der Waals surface area contributed by atoms with Gasteiger partial charge in [0, 0.05) is 47.0 Å². The smallest absolute Gasteiger partial charge is 0.250 e. The minimum absolute atomic E-state index is 0.00504. The normalized spacial score (nSPS) is 23.2. The predicted molar refractivity (Wildman–Crippen MR) is 143 cm³/mol. The first kappa shape index (κ1) is 27.4. The molecule has 2 saturated heterocycles. The maximum Gasteiger partial charge on any atom is 0.250 e. The quantitative estimate of drug-likeness (QED) is 0.592. The van der Waals surface area contributed by atoms with Gasteiger partial charge in [-0.25, -0.2) is 8.78 Å². The highest BCUT2D eigenvalue weighted by Crippen LogP contribution is 2.37. The van der Waals surface area contributed by atoms with Gasteiger partial charge in [0.1, 0.15) is 29.8 Å². The highest BCUT2D eigenvalue weighted by molar-refractivity contribution is 7.85. The SMILES string of the molecule is CC(C)C[C@@H]1C(=O)N[C@H](C2Cc3ccccc3C2)C(=O)N1[C@@H](C(=O)N1CCS(=O)CC1)c1ccc(F)cc1F. The van der Waals surface area contributed by atoms with Gasteiger partial charge < -0.3 is 15.1 Å². The minimum atomic E-state index is -1.45. The summed E-state index contributed by atoms with van der Waals surface area (Å²) in [5.74, 6) is -2.82. The lowest BCUT2D eigenvalue weighted by molar-refractivity contribution is -0.160. The summed E-state index contributed by atoms with van der Waals surface area (Å²) in [4.78, 5) is 44.8. The fourth-order valence-corrected chi connectivity index (χ4v) is 7.08. The number of fused-ring (bicyclic) bond motifs is 1. The molecule has 2 aromatic carbocycles. The first-order valence-electron chi connectivity index (χ1n) is 13.4. The first-order chi connectivity index (χ1) is 18.6. The van der Waals surface area contributed by atoms with Crippen molar-refractivity contribution in [3.63, 3.8) is 0 Å². The molecule has 0 radical (unpaired) electrons. The number of amides is 3. The van der Waals surface area contributed by atoms with Crippen molar-refractivity contribution < 1.29 is 27.4 Å². The van der Waals surface area contributed by atoms with Crippen LogP contribution >= 0.6 is 0 Å². The van der Waals surface area contributed by atoms with E-state index in [1.807, 2.05) is 38.1 Å². The van der Waals surface area contributed by atoms with Crippen LogP contribution in [0, 0.1) is 23.5 Å². The lowest BCUT2D eigenvalue weighted by Gasteiger charge is -2.46. The second kappa shape index (κ2) is 11.2. The Balaban J connectivity index is 1.57. The average Bonchev–Trinajstić information content (AvgIpc) is 3.33. The summed E-state index contributed by atoms with van der Waals surface area (Å²) in [5.41, 5.74) is 2.07. The molecule has 1 N–H and O–H groups in total.